The highest BCUT2D eigenvalue weighted by atomic mass is 35.5. The molecule has 1 saturated heterocycles. The van der Waals surface area contributed by atoms with Gasteiger partial charge in [0.2, 0.25) is 5.88 Å². The molecule has 2 heterocycles. The second kappa shape index (κ2) is 10.5. The van der Waals surface area contributed by atoms with Gasteiger partial charge in [0.25, 0.3) is 0 Å². The van der Waals surface area contributed by atoms with Crippen molar-refractivity contribution in [3.05, 3.63) is 23.9 Å². The van der Waals surface area contributed by atoms with Gasteiger partial charge in [-0.3, -0.25) is 4.90 Å². The smallest absolute Gasteiger partial charge is 0.212 e. The molecule has 0 bridgehead atoms. The van der Waals surface area contributed by atoms with E-state index in [1.54, 1.807) is 7.11 Å². The van der Waals surface area contributed by atoms with Crippen LogP contribution >= 0.6 is 37.2 Å². The zero-order valence-corrected chi connectivity index (χ0v) is 13.4. The van der Waals surface area contributed by atoms with Gasteiger partial charge in [-0.1, -0.05) is 6.07 Å². The molecule has 0 amide bonds. The van der Waals surface area contributed by atoms with Gasteiger partial charge in [0, 0.05) is 24.8 Å². The van der Waals surface area contributed by atoms with Gasteiger partial charge in [-0.25, -0.2) is 4.98 Å². The van der Waals surface area contributed by atoms with Crippen LogP contribution in [0.2, 0.25) is 0 Å². The van der Waals surface area contributed by atoms with E-state index in [0.717, 1.165) is 32.5 Å². The molecule has 1 aromatic heterocycles. The topological polar surface area (TPSA) is 51.4 Å². The van der Waals surface area contributed by atoms with Crippen LogP contribution in [0.3, 0.4) is 0 Å². The Morgan fingerprint density at radius 1 is 1.26 bits per heavy atom. The molecule has 0 unspecified atom stereocenters. The van der Waals surface area contributed by atoms with E-state index in [9.17, 15) is 0 Å². The van der Waals surface area contributed by atoms with Crippen molar-refractivity contribution in [1.29, 1.82) is 0 Å². The van der Waals surface area contributed by atoms with Crippen molar-refractivity contribution in [2.45, 2.75) is 25.4 Å². The first kappa shape index (κ1) is 21.0. The Kier molecular flexibility index (Phi) is 11.7. The monoisotopic (exact) mass is 329 g/mol. The summed E-state index contributed by atoms with van der Waals surface area (Å²) in [5.41, 5.74) is 7.11. The summed E-state index contributed by atoms with van der Waals surface area (Å²) in [6, 6.07) is 4.37. The number of rotatable bonds is 3. The standard InChI is InChI=1S/C12H19N3O.3ClH/c1-16-12-3-2-10(8-14-12)9-15-6-4-11(13)5-7-15;;;/h2-3,8,11H,4-7,9,13H2,1H3;3*1H. The Labute approximate surface area is 133 Å². The lowest BCUT2D eigenvalue weighted by atomic mass is 10.1. The zero-order chi connectivity index (χ0) is 11.4. The molecule has 2 rings (SSSR count). The number of methoxy groups -OCH3 is 1. The molecular weight excluding hydrogens is 309 g/mol. The molecule has 2 N–H and O–H groups in total. The molecule has 19 heavy (non-hydrogen) atoms. The largest absolute Gasteiger partial charge is 0.481 e. The van der Waals surface area contributed by atoms with Crippen LogP contribution in [0, 0.1) is 0 Å². The molecule has 1 aromatic rings. The molecular formula is C12H22Cl3N3O. The van der Waals surface area contributed by atoms with Crippen LogP contribution < -0.4 is 10.5 Å². The van der Waals surface area contributed by atoms with E-state index in [1.165, 1.54) is 5.56 Å². The van der Waals surface area contributed by atoms with E-state index in [4.69, 9.17) is 10.5 Å². The highest BCUT2D eigenvalue weighted by molar-refractivity contribution is 5.86. The van der Waals surface area contributed by atoms with E-state index in [0.29, 0.717) is 11.9 Å². The van der Waals surface area contributed by atoms with Crippen molar-refractivity contribution < 1.29 is 4.74 Å². The first-order valence-electron chi connectivity index (χ1n) is 5.75. The zero-order valence-electron chi connectivity index (χ0n) is 10.9. The Balaban J connectivity index is 0. The Hall–Kier alpha value is -0.260. The van der Waals surface area contributed by atoms with Crippen molar-refractivity contribution in [2.24, 2.45) is 5.73 Å². The van der Waals surface area contributed by atoms with Crippen LogP contribution in [0.5, 0.6) is 5.88 Å². The average Bonchev–Trinajstić information content (AvgIpc) is 2.33. The van der Waals surface area contributed by atoms with E-state index >= 15 is 0 Å². The Bertz CT molecular complexity index is 329. The maximum absolute atomic E-state index is 5.87. The predicted octanol–water partition coefficient (Wildman–Crippen LogP) is 2.28. The van der Waals surface area contributed by atoms with Gasteiger partial charge in [0.1, 0.15) is 0 Å². The Morgan fingerprint density at radius 2 is 1.89 bits per heavy atom. The number of piperidine rings is 1. The summed E-state index contributed by atoms with van der Waals surface area (Å²) in [6.45, 7) is 3.14. The lowest BCUT2D eigenvalue weighted by molar-refractivity contribution is 0.205. The van der Waals surface area contributed by atoms with E-state index in [2.05, 4.69) is 16.0 Å². The summed E-state index contributed by atoms with van der Waals surface area (Å²) in [5.74, 6) is 0.671. The van der Waals surface area contributed by atoms with Crippen LogP contribution in [-0.2, 0) is 6.54 Å². The third-order valence-corrected chi connectivity index (χ3v) is 3.05. The van der Waals surface area contributed by atoms with Gasteiger partial charge in [-0.05, 0) is 31.5 Å². The number of nitrogens with two attached hydrogens (primary N) is 1. The molecule has 0 spiro atoms. The third-order valence-electron chi connectivity index (χ3n) is 3.05. The maximum atomic E-state index is 5.87. The van der Waals surface area contributed by atoms with Gasteiger partial charge in [0.15, 0.2) is 0 Å². The average molecular weight is 331 g/mol. The fourth-order valence-electron chi connectivity index (χ4n) is 1.99. The number of hydrogen-bond donors (Lipinski definition) is 1. The van der Waals surface area contributed by atoms with E-state index in [-0.39, 0.29) is 37.2 Å². The van der Waals surface area contributed by atoms with Crippen molar-refractivity contribution >= 4 is 37.2 Å². The predicted molar refractivity (Wildman–Crippen MR) is 85.0 cm³/mol. The van der Waals surface area contributed by atoms with E-state index in [1.807, 2.05) is 12.3 Å². The first-order valence-corrected chi connectivity index (χ1v) is 5.75. The summed E-state index contributed by atoms with van der Waals surface area (Å²) in [5, 5.41) is 0. The number of hydrogen-bond acceptors (Lipinski definition) is 4. The SMILES string of the molecule is COc1ccc(CN2CCC(N)CC2)cn1.Cl.Cl.Cl. The third kappa shape index (κ3) is 6.63. The quantitative estimate of drug-likeness (QED) is 0.924. The molecule has 4 nitrogen and oxygen atoms in total. The van der Waals surface area contributed by atoms with E-state index < -0.39 is 0 Å². The number of nitrogens with zero attached hydrogens (tertiary/aromatic N) is 2. The summed E-state index contributed by atoms with van der Waals surface area (Å²) >= 11 is 0. The summed E-state index contributed by atoms with van der Waals surface area (Å²) in [4.78, 5) is 6.63. The highest BCUT2D eigenvalue weighted by Crippen LogP contribution is 2.13. The van der Waals surface area contributed by atoms with Crippen LogP contribution in [0.1, 0.15) is 18.4 Å². The van der Waals surface area contributed by atoms with Crippen LogP contribution in [0.25, 0.3) is 0 Å². The molecule has 1 aliphatic heterocycles. The second-order valence-electron chi connectivity index (χ2n) is 4.32. The van der Waals surface area contributed by atoms with Crippen LogP contribution in [-0.4, -0.2) is 36.1 Å². The maximum Gasteiger partial charge on any atom is 0.212 e. The van der Waals surface area contributed by atoms with Gasteiger partial charge in [-0.2, -0.15) is 0 Å². The summed E-state index contributed by atoms with van der Waals surface area (Å²) in [6.07, 6.45) is 4.08. The molecule has 0 saturated carbocycles. The number of pyridine rings is 1. The van der Waals surface area contributed by atoms with Crippen molar-refractivity contribution in [2.75, 3.05) is 20.2 Å². The van der Waals surface area contributed by atoms with Gasteiger partial charge in [0.05, 0.1) is 7.11 Å². The van der Waals surface area contributed by atoms with Gasteiger partial charge in [-0.15, -0.1) is 37.2 Å². The lowest BCUT2D eigenvalue weighted by Crippen LogP contribution is -2.39. The molecule has 0 atom stereocenters. The molecule has 0 aliphatic carbocycles. The Morgan fingerprint density at radius 3 is 2.37 bits per heavy atom. The molecule has 1 fully saturated rings. The van der Waals surface area contributed by atoms with Crippen LogP contribution in [0.15, 0.2) is 18.3 Å². The van der Waals surface area contributed by atoms with Crippen molar-refractivity contribution in [3.63, 3.8) is 0 Å². The number of halogens is 3. The highest BCUT2D eigenvalue weighted by Gasteiger charge is 2.15. The fraction of sp³-hybridized carbons (Fsp3) is 0.583. The van der Waals surface area contributed by atoms with Crippen molar-refractivity contribution in [3.8, 4) is 5.88 Å². The summed E-state index contributed by atoms with van der Waals surface area (Å²) in [7, 11) is 1.63. The van der Waals surface area contributed by atoms with Crippen molar-refractivity contribution in [1.82, 2.24) is 9.88 Å². The minimum absolute atomic E-state index is 0. The number of aromatic nitrogens is 1. The normalized spacial score (nSPS) is 15.7. The van der Waals surface area contributed by atoms with Crippen LogP contribution in [0.4, 0.5) is 0 Å². The fourth-order valence-corrected chi connectivity index (χ4v) is 1.99. The molecule has 7 heteroatoms. The molecule has 0 aromatic carbocycles. The molecule has 0 radical (unpaired) electrons. The van der Waals surface area contributed by atoms with Gasteiger partial charge < -0.3 is 10.5 Å². The number of likely N-dealkylation sites (tertiary alicyclic amines) is 1. The number of ether oxygens (including phenoxy) is 1. The molecule has 112 valence electrons. The summed E-state index contributed by atoms with van der Waals surface area (Å²) < 4.78 is 5.03. The van der Waals surface area contributed by atoms with Gasteiger partial charge >= 0.3 is 0 Å². The first-order chi connectivity index (χ1) is 7.78. The molecule has 1 aliphatic rings. The lowest BCUT2D eigenvalue weighted by Gasteiger charge is -2.29. The minimum Gasteiger partial charge on any atom is -0.481 e. The minimum atomic E-state index is 0. The second-order valence-corrected chi connectivity index (χ2v) is 4.32.